The van der Waals surface area contributed by atoms with Crippen molar-refractivity contribution in [3.05, 3.63) is 36.0 Å². The van der Waals surface area contributed by atoms with E-state index >= 15 is 0 Å². The Hall–Kier alpha value is -2.76. The molecule has 4 aliphatic carbocycles. The highest BCUT2D eigenvalue weighted by Gasteiger charge is 2.63. The van der Waals surface area contributed by atoms with Crippen LogP contribution in [0.25, 0.3) is 0 Å². The van der Waals surface area contributed by atoms with Crippen LogP contribution in [0.1, 0.15) is 83.9 Å². The van der Waals surface area contributed by atoms with Gasteiger partial charge >= 0.3 is 12.1 Å². The molecule has 12 heteroatoms. The van der Waals surface area contributed by atoms with Gasteiger partial charge in [-0.25, -0.2) is 0 Å². The van der Waals surface area contributed by atoms with Crippen LogP contribution in [0.5, 0.6) is 5.75 Å². The molecule has 2 bridgehead atoms. The number of fused-ring (bicyclic) bond motifs is 3. The summed E-state index contributed by atoms with van der Waals surface area (Å²) in [4.78, 5) is 19.3. The molecule has 6 rings (SSSR count). The predicted octanol–water partition coefficient (Wildman–Crippen LogP) is 6.30. The van der Waals surface area contributed by atoms with Gasteiger partial charge in [-0.1, -0.05) is 11.2 Å². The van der Waals surface area contributed by atoms with Crippen LogP contribution in [0.2, 0.25) is 0 Å². The lowest BCUT2D eigenvalue weighted by Crippen LogP contribution is -2.60. The minimum absolute atomic E-state index is 0.116. The fraction of sp³-hybridized carbons (Fsp3) is 0.679. The molecule has 1 heterocycles. The number of ether oxygens (including phenoxy) is 1. The molecule has 0 spiro atoms. The van der Waals surface area contributed by atoms with Gasteiger partial charge in [-0.2, -0.15) is 26.9 Å². The number of hydrogen-bond donors (Lipinski definition) is 1. The zero-order chi connectivity index (χ0) is 29.1. The van der Waals surface area contributed by atoms with Crippen LogP contribution < -0.4 is 9.64 Å². The quantitative estimate of drug-likeness (QED) is 0.375. The maximum atomic E-state index is 13.7. The van der Waals surface area contributed by atoms with E-state index in [0.29, 0.717) is 63.4 Å². The summed E-state index contributed by atoms with van der Waals surface area (Å²) < 4.78 is 78.0. The zero-order valence-electron chi connectivity index (χ0n) is 22.7. The Morgan fingerprint density at radius 3 is 2.27 bits per heavy atom. The van der Waals surface area contributed by atoms with Crippen LogP contribution in [0, 0.1) is 11.3 Å². The van der Waals surface area contributed by atoms with E-state index in [9.17, 15) is 31.9 Å². The SMILES string of the molecule is CC(C)Oc1cccc(N(CC23CCC(c4noc(C(C)(F)F)n4)(CC2)CC3)C(=O)C2CC(O)(C(F)(F)F)C2)c1. The Morgan fingerprint density at radius 2 is 1.75 bits per heavy atom. The smallest absolute Gasteiger partial charge is 0.417 e. The molecule has 1 aromatic heterocycles. The summed E-state index contributed by atoms with van der Waals surface area (Å²) in [6, 6.07) is 6.94. The number of carbonyl (C=O) groups is 1. The van der Waals surface area contributed by atoms with E-state index in [-0.39, 0.29) is 17.3 Å². The zero-order valence-corrected chi connectivity index (χ0v) is 22.7. The number of alkyl halides is 5. The third-order valence-electron chi connectivity index (χ3n) is 8.98. The molecule has 0 unspecified atom stereocenters. The second-order valence-electron chi connectivity index (χ2n) is 12.3. The van der Waals surface area contributed by atoms with Crippen molar-refractivity contribution in [1.82, 2.24) is 10.1 Å². The third-order valence-corrected chi connectivity index (χ3v) is 8.98. The molecule has 220 valence electrons. The standard InChI is InChI=1S/C28H34F5N3O4/c1-17(2)39-20-6-4-5-19(13-20)36(21(37)18-14-27(38,15-18)28(31,32)33)16-25-7-10-26(11-8-25,12-9-25)22-34-23(40-35-22)24(3,29)30/h4-6,13,17-18,38H,7-12,14-16H2,1-3H3. The van der Waals surface area contributed by atoms with Gasteiger partial charge in [0, 0.05) is 36.6 Å². The van der Waals surface area contributed by atoms with E-state index in [1.807, 2.05) is 13.8 Å². The minimum atomic E-state index is -4.80. The molecule has 1 amide bonds. The second-order valence-corrected chi connectivity index (χ2v) is 12.3. The van der Waals surface area contributed by atoms with Gasteiger partial charge in [-0.05, 0) is 82.8 Å². The van der Waals surface area contributed by atoms with E-state index in [1.165, 1.54) is 0 Å². The van der Waals surface area contributed by atoms with E-state index < -0.39 is 53.7 Å². The topological polar surface area (TPSA) is 88.7 Å². The number of halogens is 5. The first-order valence-electron chi connectivity index (χ1n) is 13.6. The molecule has 4 saturated carbocycles. The predicted molar refractivity (Wildman–Crippen MR) is 134 cm³/mol. The van der Waals surface area contributed by atoms with Crippen LogP contribution in [0.4, 0.5) is 27.6 Å². The molecular formula is C28H34F5N3O4. The van der Waals surface area contributed by atoms with Crippen molar-refractivity contribution in [2.75, 3.05) is 11.4 Å². The second kappa shape index (κ2) is 9.66. The first-order chi connectivity index (χ1) is 18.5. The van der Waals surface area contributed by atoms with Crippen LogP contribution in [-0.2, 0) is 16.1 Å². The largest absolute Gasteiger partial charge is 0.491 e. The van der Waals surface area contributed by atoms with Gasteiger partial charge in [0.1, 0.15) is 5.75 Å². The van der Waals surface area contributed by atoms with Crippen molar-refractivity contribution in [1.29, 1.82) is 0 Å². The Bertz CT molecular complexity index is 1220. The summed E-state index contributed by atoms with van der Waals surface area (Å²) >= 11 is 0. The summed E-state index contributed by atoms with van der Waals surface area (Å²) in [5.74, 6) is -4.54. The molecule has 2 aromatic rings. The number of aliphatic hydroxyl groups is 1. The van der Waals surface area contributed by atoms with E-state index in [0.717, 1.165) is 0 Å². The summed E-state index contributed by atoms with van der Waals surface area (Å²) in [7, 11) is 0. The van der Waals surface area contributed by atoms with Crippen molar-refractivity contribution in [3.8, 4) is 5.75 Å². The fourth-order valence-corrected chi connectivity index (χ4v) is 6.46. The highest BCUT2D eigenvalue weighted by atomic mass is 19.4. The summed E-state index contributed by atoms with van der Waals surface area (Å²) in [5.41, 5.74) is -3.12. The van der Waals surface area contributed by atoms with Gasteiger partial charge in [0.2, 0.25) is 5.91 Å². The average Bonchev–Trinajstić information content (AvgIpc) is 3.37. The number of aromatic nitrogens is 2. The highest BCUT2D eigenvalue weighted by molar-refractivity contribution is 5.96. The Kier molecular flexibility index (Phi) is 6.95. The number of rotatable bonds is 8. The minimum Gasteiger partial charge on any atom is -0.491 e. The number of amides is 1. The van der Waals surface area contributed by atoms with Gasteiger partial charge in [0.25, 0.3) is 5.89 Å². The summed E-state index contributed by atoms with van der Waals surface area (Å²) in [5, 5.41) is 13.9. The maximum Gasteiger partial charge on any atom is 0.417 e. The normalized spacial score (nSPS) is 30.3. The monoisotopic (exact) mass is 571 g/mol. The molecule has 0 atom stereocenters. The number of benzene rings is 1. The lowest BCUT2D eigenvalue weighted by molar-refractivity contribution is -0.295. The van der Waals surface area contributed by atoms with Crippen LogP contribution in [0.15, 0.2) is 28.8 Å². The highest BCUT2D eigenvalue weighted by Crippen LogP contribution is 2.58. The molecule has 4 fully saturated rings. The van der Waals surface area contributed by atoms with Gasteiger partial charge in [0.05, 0.1) is 6.10 Å². The molecule has 0 saturated heterocycles. The Morgan fingerprint density at radius 1 is 1.12 bits per heavy atom. The van der Waals surface area contributed by atoms with E-state index in [4.69, 9.17) is 9.26 Å². The lowest BCUT2D eigenvalue weighted by atomic mass is 9.53. The molecule has 0 radical (unpaired) electrons. The molecule has 7 nitrogen and oxygen atoms in total. The first kappa shape index (κ1) is 28.8. The van der Waals surface area contributed by atoms with Gasteiger partial charge in [-0.3, -0.25) is 4.79 Å². The van der Waals surface area contributed by atoms with Gasteiger partial charge < -0.3 is 19.3 Å². The Labute approximate surface area is 229 Å². The van der Waals surface area contributed by atoms with Crippen molar-refractivity contribution < 1.29 is 41.1 Å². The average molecular weight is 572 g/mol. The molecule has 4 aliphatic rings. The Balaban J connectivity index is 1.37. The number of nitrogens with zero attached hydrogens (tertiary/aromatic N) is 3. The molecule has 40 heavy (non-hydrogen) atoms. The fourth-order valence-electron chi connectivity index (χ4n) is 6.46. The number of hydrogen-bond acceptors (Lipinski definition) is 6. The van der Waals surface area contributed by atoms with Crippen LogP contribution in [-0.4, -0.2) is 45.6 Å². The number of anilines is 1. The lowest BCUT2D eigenvalue weighted by Gasteiger charge is -2.54. The number of carbonyl (C=O) groups excluding carboxylic acids is 1. The van der Waals surface area contributed by atoms with Crippen LogP contribution >= 0.6 is 0 Å². The third kappa shape index (κ3) is 5.19. The van der Waals surface area contributed by atoms with Gasteiger partial charge in [0.15, 0.2) is 11.4 Å². The maximum absolute atomic E-state index is 13.7. The summed E-state index contributed by atoms with van der Waals surface area (Å²) in [6.45, 7) is 4.73. The molecule has 1 N–H and O–H groups in total. The van der Waals surface area contributed by atoms with Crippen molar-refractivity contribution in [3.63, 3.8) is 0 Å². The van der Waals surface area contributed by atoms with E-state index in [2.05, 4.69) is 10.1 Å². The molecule has 1 aromatic carbocycles. The van der Waals surface area contributed by atoms with E-state index in [1.54, 1.807) is 29.2 Å². The summed E-state index contributed by atoms with van der Waals surface area (Å²) in [6.07, 6.45) is -2.39. The van der Waals surface area contributed by atoms with Crippen molar-refractivity contribution in [2.24, 2.45) is 11.3 Å². The molecule has 0 aliphatic heterocycles. The van der Waals surface area contributed by atoms with Gasteiger partial charge in [-0.15, -0.1) is 0 Å². The molecular weight excluding hydrogens is 537 g/mol. The van der Waals surface area contributed by atoms with Crippen molar-refractivity contribution in [2.45, 2.75) is 101 Å². The van der Waals surface area contributed by atoms with Crippen LogP contribution in [0.3, 0.4) is 0 Å². The van der Waals surface area contributed by atoms with Crippen molar-refractivity contribution >= 4 is 11.6 Å². The first-order valence-corrected chi connectivity index (χ1v) is 13.6.